The van der Waals surface area contributed by atoms with Gasteiger partial charge in [-0.3, -0.25) is 9.32 Å². The number of para-hydroxylation sites is 1. The van der Waals surface area contributed by atoms with Gasteiger partial charge in [0, 0.05) is 5.69 Å². The molecule has 25 heavy (non-hydrogen) atoms. The maximum atomic E-state index is 12.5. The van der Waals surface area contributed by atoms with Crippen LogP contribution in [0.4, 0.5) is 5.69 Å². The van der Waals surface area contributed by atoms with Crippen LogP contribution in [0.5, 0.6) is 0 Å². The first kappa shape index (κ1) is 17.2. The molecule has 7 heteroatoms. The summed E-state index contributed by atoms with van der Waals surface area (Å²) in [5.74, 6) is -0.300. The first-order valence-corrected chi connectivity index (χ1v) is 8.85. The van der Waals surface area contributed by atoms with Crippen molar-refractivity contribution in [2.45, 2.75) is 33.2 Å². The van der Waals surface area contributed by atoms with E-state index < -0.39 is 5.76 Å². The summed E-state index contributed by atoms with van der Waals surface area (Å²) in [6.45, 7) is 5.94. The molecule has 1 aromatic carbocycles. The fraction of sp³-hybridized carbons (Fsp3) is 0.278. The van der Waals surface area contributed by atoms with Gasteiger partial charge < -0.3 is 5.32 Å². The molecule has 0 bridgehead atoms. The highest BCUT2D eigenvalue weighted by atomic mass is 32.1. The van der Waals surface area contributed by atoms with Crippen LogP contribution >= 0.6 is 11.3 Å². The Balaban J connectivity index is 1.86. The molecule has 0 saturated heterocycles. The van der Waals surface area contributed by atoms with Gasteiger partial charge in [-0.2, -0.15) is 0 Å². The Bertz CT molecular complexity index is 939. The van der Waals surface area contributed by atoms with Gasteiger partial charge in [0.1, 0.15) is 6.54 Å². The molecule has 0 spiro atoms. The number of carbonyl (C=O) groups excluding carboxylic acids is 1. The first-order valence-electron chi connectivity index (χ1n) is 7.97. The molecule has 0 unspecified atom stereocenters. The first-order chi connectivity index (χ1) is 12.0. The quantitative estimate of drug-likeness (QED) is 0.756. The summed E-state index contributed by atoms with van der Waals surface area (Å²) in [5, 5.41) is 8.60. The second-order valence-electron chi connectivity index (χ2n) is 6.08. The lowest BCUT2D eigenvalue weighted by Crippen LogP contribution is -2.26. The molecule has 0 aliphatic carbocycles. The van der Waals surface area contributed by atoms with Crippen molar-refractivity contribution in [2.24, 2.45) is 0 Å². The maximum absolute atomic E-state index is 12.5. The Hall–Kier alpha value is -2.67. The number of hydrogen-bond acceptors (Lipinski definition) is 5. The SMILES string of the molecule is Cc1cccc(C(C)C)c1NC(=O)Cn1c(-c2cccs2)noc1=O. The van der Waals surface area contributed by atoms with Gasteiger partial charge in [-0.15, -0.1) is 11.3 Å². The van der Waals surface area contributed by atoms with Crippen LogP contribution in [0.15, 0.2) is 45.0 Å². The summed E-state index contributed by atoms with van der Waals surface area (Å²) in [5.41, 5.74) is 2.84. The second-order valence-corrected chi connectivity index (χ2v) is 7.03. The minimum absolute atomic E-state index is 0.151. The number of nitrogens with one attached hydrogen (secondary N) is 1. The molecule has 3 aromatic rings. The molecule has 0 saturated carbocycles. The van der Waals surface area contributed by atoms with E-state index in [1.54, 1.807) is 0 Å². The van der Waals surface area contributed by atoms with E-state index in [9.17, 15) is 9.59 Å². The summed E-state index contributed by atoms with van der Waals surface area (Å²) in [4.78, 5) is 25.2. The van der Waals surface area contributed by atoms with Crippen LogP contribution in [0.2, 0.25) is 0 Å². The zero-order valence-electron chi connectivity index (χ0n) is 14.3. The highest BCUT2D eigenvalue weighted by Gasteiger charge is 2.18. The van der Waals surface area contributed by atoms with Gasteiger partial charge in [-0.25, -0.2) is 9.36 Å². The van der Waals surface area contributed by atoms with Crippen LogP contribution in [-0.4, -0.2) is 15.6 Å². The zero-order valence-corrected chi connectivity index (χ0v) is 15.1. The standard InChI is InChI=1S/C18H19N3O3S/c1-11(2)13-7-4-6-12(3)16(13)19-15(22)10-21-17(20-24-18(21)23)14-8-5-9-25-14/h4-9,11H,10H2,1-3H3,(H,19,22). The van der Waals surface area contributed by atoms with E-state index in [0.29, 0.717) is 5.82 Å². The van der Waals surface area contributed by atoms with Crippen LogP contribution in [0.1, 0.15) is 30.9 Å². The number of anilines is 1. The molecule has 0 aliphatic rings. The second kappa shape index (κ2) is 7.06. The van der Waals surface area contributed by atoms with Gasteiger partial charge >= 0.3 is 5.76 Å². The van der Waals surface area contributed by atoms with E-state index in [-0.39, 0.29) is 18.4 Å². The molecule has 130 valence electrons. The Morgan fingerprint density at radius 2 is 2.12 bits per heavy atom. The van der Waals surface area contributed by atoms with E-state index in [1.807, 2.05) is 42.6 Å². The smallest absolute Gasteiger partial charge is 0.324 e. The average Bonchev–Trinajstić information content (AvgIpc) is 3.20. The number of aromatic nitrogens is 2. The predicted octanol–water partition coefficient (Wildman–Crippen LogP) is 3.64. The minimum Gasteiger partial charge on any atom is -0.324 e. The van der Waals surface area contributed by atoms with Crippen molar-refractivity contribution < 1.29 is 9.32 Å². The van der Waals surface area contributed by atoms with Crippen molar-refractivity contribution in [1.82, 2.24) is 9.72 Å². The van der Waals surface area contributed by atoms with Gasteiger partial charge in [0.05, 0.1) is 4.88 Å². The normalized spacial score (nSPS) is 11.0. The molecule has 1 amide bonds. The summed E-state index contributed by atoms with van der Waals surface area (Å²) >= 11 is 1.43. The van der Waals surface area contributed by atoms with Crippen molar-refractivity contribution in [3.63, 3.8) is 0 Å². The molecule has 0 radical (unpaired) electrons. The lowest BCUT2D eigenvalue weighted by atomic mass is 9.98. The van der Waals surface area contributed by atoms with E-state index >= 15 is 0 Å². The van der Waals surface area contributed by atoms with Gasteiger partial charge in [-0.05, 0) is 35.4 Å². The lowest BCUT2D eigenvalue weighted by molar-refractivity contribution is -0.116. The van der Waals surface area contributed by atoms with Crippen molar-refractivity contribution in [3.8, 4) is 10.7 Å². The molecule has 1 N–H and O–H groups in total. The minimum atomic E-state index is -0.646. The third-order valence-electron chi connectivity index (χ3n) is 3.92. The van der Waals surface area contributed by atoms with Crippen LogP contribution in [0.3, 0.4) is 0 Å². The Kier molecular flexibility index (Phi) is 4.85. The lowest BCUT2D eigenvalue weighted by Gasteiger charge is -2.16. The van der Waals surface area contributed by atoms with Gasteiger partial charge in [0.2, 0.25) is 5.91 Å². The number of aryl methyl sites for hydroxylation is 1. The number of amides is 1. The Morgan fingerprint density at radius 1 is 1.32 bits per heavy atom. The number of nitrogens with zero attached hydrogens (tertiary/aromatic N) is 2. The molecule has 6 nitrogen and oxygen atoms in total. The van der Waals surface area contributed by atoms with E-state index in [2.05, 4.69) is 24.3 Å². The van der Waals surface area contributed by atoms with Crippen molar-refractivity contribution in [2.75, 3.05) is 5.32 Å². The molecular weight excluding hydrogens is 338 g/mol. The van der Waals surface area contributed by atoms with Gasteiger partial charge in [0.25, 0.3) is 0 Å². The number of hydrogen-bond donors (Lipinski definition) is 1. The van der Waals surface area contributed by atoms with Crippen LogP contribution < -0.4 is 11.1 Å². The number of benzene rings is 1. The number of carbonyl (C=O) groups is 1. The summed E-state index contributed by atoms with van der Waals surface area (Å²) in [7, 11) is 0. The van der Waals surface area contributed by atoms with Crippen molar-refractivity contribution in [3.05, 3.63) is 57.4 Å². The van der Waals surface area contributed by atoms with Crippen LogP contribution in [-0.2, 0) is 11.3 Å². The third-order valence-corrected chi connectivity index (χ3v) is 4.79. The predicted molar refractivity (Wildman–Crippen MR) is 98.0 cm³/mol. The monoisotopic (exact) mass is 357 g/mol. The molecular formula is C18H19N3O3S. The third kappa shape index (κ3) is 3.56. The molecule has 2 aromatic heterocycles. The molecule has 0 fully saturated rings. The fourth-order valence-electron chi connectivity index (χ4n) is 2.66. The molecule has 0 atom stereocenters. The summed E-state index contributed by atoms with van der Waals surface area (Å²) in [6.07, 6.45) is 0. The van der Waals surface area contributed by atoms with Crippen molar-refractivity contribution in [1.29, 1.82) is 0 Å². The van der Waals surface area contributed by atoms with E-state index in [4.69, 9.17) is 4.52 Å². The fourth-order valence-corrected chi connectivity index (χ4v) is 3.37. The molecule has 2 heterocycles. The summed E-state index contributed by atoms with van der Waals surface area (Å²) < 4.78 is 5.98. The van der Waals surface area contributed by atoms with Gasteiger partial charge in [0.15, 0.2) is 5.82 Å². The molecule has 0 aliphatic heterocycles. The highest BCUT2D eigenvalue weighted by molar-refractivity contribution is 7.13. The number of rotatable bonds is 5. The number of thiophene rings is 1. The van der Waals surface area contributed by atoms with Crippen LogP contribution in [0, 0.1) is 6.92 Å². The Morgan fingerprint density at radius 3 is 2.80 bits per heavy atom. The zero-order chi connectivity index (χ0) is 18.0. The van der Waals surface area contributed by atoms with E-state index in [0.717, 1.165) is 21.7 Å². The molecule has 3 rings (SSSR count). The average molecular weight is 357 g/mol. The maximum Gasteiger partial charge on any atom is 0.442 e. The van der Waals surface area contributed by atoms with E-state index in [1.165, 1.54) is 15.9 Å². The van der Waals surface area contributed by atoms with Gasteiger partial charge in [-0.1, -0.05) is 43.3 Å². The van der Waals surface area contributed by atoms with Crippen LogP contribution in [0.25, 0.3) is 10.7 Å². The largest absolute Gasteiger partial charge is 0.442 e. The Labute approximate surface area is 149 Å². The topological polar surface area (TPSA) is 77.1 Å². The highest BCUT2D eigenvalue weighted by Crippen LogP contribution is 2.27. The van der Waals surface area contributed by atoms with Crippen molar-refractivity contribution >= 4 is 22.9 Å². The summed E-state index contributed by atoms with van der Waals surface area (Å²) in [6, 6.07) is 9.60.